The van der Waals surface area contributed by atoms with Gasteiger partial charge in [0.2, 0.25) is 5.91 Å². The zero-order valence-electron chi connectivity index (χ0n) is 11.6. The molecule has 0 saturated heterocycles. The molecule has 0 aliphatic heterocycles. The molecule has 1 aromatic heterocycles. The van der Waals surface area contributed by atoms with Crippen molar-refractivity contribution in [3.8, 4) is 0 Å². The summed E-state index contributed by atoms with van der Waals surface area (Å²) >= 11 is 0. The molecule has 2 unspecified atom stereocenters. The first kappa shape index (κ1) is 14.7. The molecule has 0 aromatic carbocycles. The van der Waals surface area contributed by atoms with Crippen LogP contribution >= 0.6 is 0 Å². The van der Waals surface area contributed by atoms with Crippen LogP contribution in [0, 0.1) is 0 Å². The minimum Gasteiger partial charge on any atom is -0.383 e. The normalized spacial score (nSPS) is 14.2. The lowest BCUT2D eigenvalue weighted by Crippen LogP contribution is -2.37. The van der Waals surface area contributed by atoms with E-state index in [2.05, 4.69) is 17.6 Å². The third-order valence-corrected chi connectivity index (χ3v) is 2.86. The van der Waals surface area contributed by atoms with Gasteiger partial charge >= 0.3 is 0 Å². The molecule has 102 valence electrons. The lowest BCUT2D eigenvalue weighted by molar-refractivity contribution is -0.122. The minimum absolute atomic E-state index is 0.00110. The van der Waals surface area contributed by atoms with Gasteiger partial charge in [0.15, 0.2) is 0 Å². The summed E-state index contributed by atoms with van der Waals surface area (Å²) in [7, 11) is 3.54. The van der Waals surface area contributed by atoms with Gasteiger partial charge in [0, 0.05) is 31.6 Å². The number of nitrogens with zero attached hydrogens (tertiary/aromatic N) is 1. The van der Waals surface area contributed by atoms with Crippen molar-refractivity contribution in [3.05, 3.63) is 24.0 Å². The number of ether oxygens (including phenoxy) is 1. The summed E-state index contributed by atoms with van der Waals surface area (Å²) in [6.07, 6.45) is 3.91. The maximum Gasteiger partial charge on any atom is 0.240 e. The van der Waals surface area contributed by atoms with E-state index in [1.807, 2.05) is 37.0 Å². The standard InChI is InChI=1S/C13H23N3O2/c1-10(9-18-4)15-13(17)8-16-6-5-12(7-16)11(2)14-3/h5-7,10-11,14H,8-9H2,1-4H3,(H,15,17). The number of hydrogen-bond acceptors (Lipinski definition) is 3. The summed E-state index contributed by atoms with van der Waals surface area (Å²) in [6.45, 7) is 4.87. The van der Waals surface area contributed by atoms with Gasteiger partial charge in [-0.2, -0.15) is 0 Å². The van der Waals surface area contributed by atoms with Gasteiger partial charge in [-0.3, -0.25) is 4.79 Å². The minimum atomic E-state index is -0.00110. The van der Waals surface area contributed by atoms with Crippen LogP contribution in [-0.4, -0.2) is 37.3 Å². The molecule has 0 saturated carbocycles. The van der Waals surface area contributed by atoms with Crippen molar-refractivity contribution in [2.45, 2.75) is 32.5 Å². The molecule has 1 rings (SSSR count). The topological polar surface area (TPSA) is 55.3 Å². The summed E-state index contributed by atoms with van der Waals surface area (Å²) in [5, 5.41) is 6.05. The highest BCUT2D eigenvalue weighted by Crippen LogP contribution is 2.11. The van der Waals surface area contributed by atoms with Crippen molar-refractivity contribution in [3.63, 3.8) is 0 Å². The molecule has 0 bridgehead atoms. The predicted molar refractivity (Wildman–Crippen MR) is 71.4 cm³/mol. The lowest BCUT2D eigenvalue weighted by atomic mass is 10.2. The molecule has 2 N–H and O–H groups in total. The van der Waals surface area contributed by atoms with E-state index in [9.17, 15) is 4.79 Å². The molecule has 0 radical (unpaired) electrons. The Bertz CT molecular complexity index is 376. The third kappa shape index (κ3) is 4.50. The highest BCUT2D eigenvalue weighted by Gasteiger charge is 2.09. The Kier molecular flexibility index (Phi) is 5.88. The zero-order chi connectivity index (χ0) is 13.5. The van der Waals surface area contributed by atoms with Gasteiger partial charge in [-0.25, -0.2) is 0 Å². The molecule has 18 heavy (non-hydrogen) atoms. The Morgan fingerprint density at radius 2 is 2.22 bits per heavy atom. The number of carbonyl (C=O) groups excluding carboxylic acids is 1. The van der Waals surface area contributed by atoms with E-state index in [0.717, 1.165) is 0 Å². The number of methoxy groups -OCH3 is 1. The van der Waals surface area contributed by atoms with Gasteiger partial charge in [0.1, 0.15) is 6.54 Å². The van der Waals surface area contributed by atoms with Crippen molar-refractivity contribution in [1.82, 2.24) is 15.2 Å². The van der Waals surface area contributed by atoms with E-state index >= 15 is 0 Å². The first-order valence-corrected chi connectivity index (χ1v) is 6.18. The predicted octanol–water partition coefficient (Wildman–Crippen LogP) is 0.920. The number of rotatable bonds is 7. The van der Waals surface area contributed by atoms with E-state index in [0.29, 0.717) is 19.2 Å². The first-order valence-electron chi connectivity index (χ1n) is 6.18. The van der Waals surface area contributed by atoms with E-state index in [-0.39, 0.29) is 11.9 Å². The molecule has 0 aliphatic carbocycles. The summed E-state index contributed by atoms with van der Waals surface area (Å²) in [5.41, 5.74) is 1.18. The summed E-state index contributed by atoms with van der Waals surface area (Å²) < 4.78 is 6.86. The number of amides is 1. The number of carbonyl (C=O) groups is 1. The molecular weight excluding hydrogens is 230 g/mol. The van der Waals surface area contributed by atoms with Crippen LogP contribution in [0.25, 0.3) is 0 Å². The van der Waals surface area contributed by atoms with Gasteiger partial charge in [-0.05, 0) is 32.5 Å². The Morgan fingerprint density at radius 1 is 1.50 bits per heavy atom. The van der Waals surface area contributed by atoms with Crippen molar-refractivity contribution < 1.29 is 9.53 Å². The van der Waals surface area contributed by atoms with Gasteiger partial charge in [-0.1, -0.05) is 0 Å². The molecule has 0 aliphatic rings. The molecule has 5 nitrogen and oxygen atoms in total. The van der Waals surface area contributed by atoms with Crippen LogP contribution in [0.2, 0.25) is 0 Å². The number of nitrogens with one attached hydrogen (secondary N) is 2. The van der Waals surface area contributed by atoms with E-state index in [1.165, 1.54) is 5.56 Å². The smallest absolute Gasteiger partial charge is 0.240 e. The van der Waals surface area contributed by atoms with Gasteiger partial charge in [0.25, 0.3) is 0 Å². The monoisotopic (exact) mass is 253 g/mol. The number of aromatic nitrogens is 1. The Labute approximate surface area is 109 Å². The Morgan fingerprint density at radius 3 is 2.83 bits per heavy atom. The van der Waals surface area contributed by atoms with E-state index < -0.39 is 0 Å². The van der Waals surface area contributed by atoms with E-state index in [4.69, 9.17) is 4.74 Å². The lowest BCUT2D eigenvalue weighted by Gasteiger charge is -2.13. The Hall–Kier alpha value is -1.33. The second kappa shape index (κ2) is 7.18. The highest BCUT2D eigenvalue weighted by atomic mass is 16.5. The largest absolute Gasteiger partial charge is 0.383 e. The second-order valence-electron chi connectivity index (χ2n) is 4.55. The highest BCUT2D eigenvalue weighted by molar-refractivity contribution is 5.76. The van der Waals surface area contributed by atoms with Crippen LogP contribution in [0.5, 0.6) is 0 Å². The SMILES string of the molecule is CNC(C)c1ccn(CC(=O)NC(C)COC)c1. The molecular formula is C13H23N3O2. The van der Waals surface area contributed by atoms with Crippen molar-refractivity contribution >= 4 is 5.91 Å². The van der Waals surface area contributed by atoms with Gasteiger partial charge in [0.05, 0.1) is 6.61 Å². The van der Waals surface area contributed by atoms with Crippen molar-refractivity contribution in [1.29, 1.82) is 0 Å². The average molecular weight is 253 g/mol. The van der Waals surface area contributed by atoms with Crippen LogP contribution in [0.4, 0.5) is 0 Å². The average Bonchev–Trinajstić information content (AvgIpc) is 2.76. The Balaban J connectivity index is 2.47. The van der Waals surface area contributed by atoms with Crippen LogP contribution in [0.1, 0.15) is 25.5 Å². The van der Waals surface area contributed by atoms with Gasteiger partial charge in [-0.15, -0.1) is 0 Å². The molecule has 0 fully saturated rings. The summed E-state index contributed by atoms with van der Waals surface area (Å²) in [4.78, 5) is 11.7. The fourth-order valence-electron chi connectivity index (χ4n) is 1.76. The zero-order valence-corrected chi connectivity index (χ0v) is 11.6. The van der Waals surface area contributed by atoms with Crippen LogP contribution in [0.3, 0.4) is 0 Å². The van der Waals surface area contributed by atoms with Gasteiger partial charge < -0.3 is 19.9 Å². The molecule has 1 amide bonds. The van der Waals surface area contributed by atoms with Crippen LogP contribution in [-0.2, 0) is 16.1 Å². The molecule has 1 aromatic rings. The first-order chi connectivity index (χ1) is 8.56. The van der Waals surface area contributed by atoms with E-state index in [1.54, 1.807) is 7.11 Å². The van der Waals surface area contributed by atoms with Crippen LogP contribution < -0.4 is 10.6 Å². The molecule has 5 heteroatoms. The van der Waals surface area contributed by atoms with Crippen molar-refractivity contribution in [2.24, 2.45) is 0 Å². The van der Waals surface area contributed by atoms with Crippen molar-refractivity contribution in [2.75, 3.05) is 20.8 Å². The quantitative estimate of drug-likeness (QED) is 0.760. The molecule has 1 heterocycles. The fourth-order valence-corrected chi connectivity index (χ4v) is 1.76. The summed E-state index contributed by atoms with van der Waals surface area (Å²) in [5.74, 6) is -0.00110. The summed E-state index contributed by atoms with van der Waals surface area (Å²) in [6, 6.07) is 2.35. The third-order valence-electron chi connectivity index (χ3n) is 2.86. The second-order valence-corrected chi connectivity index (χ2v) is 4.55. The molecule has 0 spiro atoms. The van der Waals surface area contributed by atoms with Crippen LogP contribution in [0.15, 0.2) is 18.5 Å². The number of hydrogen-bond donors (Lipinski definition) is 2. The maximum absolute atomic E-state index is 11.7. The maximum atomic E-state index is 11.7. The fraction of sp³-hybridized carbons (Fsp3) is 0.615. The molecule has 2 atom stereocenters.